The first-order chi connectivity index (χ1) is 17.6. The monoisotopic (exact) mass is 542 g/mol. The van der Waals surface area contributed by atoms with Crippen molar-refractivity contribution in [1.29, 1.82) is 0 Å². The van der Waals surface area contributed by atoms with Gasteiger partial charge in [-0.15, -0.1) is 0 Å². The number of aryl methyl sites for hydroxylation is 1. The molecule has 0 aliphatic carbocycles. The molecular formula is C23H23F5N6O2S. The number of rotatable bonds is 8. The van der Waals surface area contributed by atoms with Crippen molar-refractivity contribution in [2.75, 3.05) is 36.9 Å². The highest BCUT2D eigenvalue weighted by atomic mass is 32.1. The molecule has 14 heteroatoms. The van der Waals surface area contributed by atoms with Crippen LogP contribution < -0.4 is 15.4 Å². The number of halogens is 5. The zero-order valence-electron chi connectivity index (χ0n) is 19.6. The van der Waals surface area contributed by atoms with Gasteiger partial charge >= 0.3 is 6.18 Å². The van der Waals surface area contributed by atoms with Gasteiger partial charge in [0.15, 0.2) is 17.3 Å². The normalized spacial score (nSPS) is 15.0. The number of nitrogens with zero attached hydrogens (tertiary/aromatic N) is 4. The third-order valence-electron chi connectivity index (χ3n) is 5.69. The summed E-state index contributed by atoms with van der Waals surface area (Å²) in [6.45, 7) is 2.84. The average Bonchev–Trinajstić information content (AvgIpc) is 3.22. The zero-order valence-corrected chi connectivity index (χ0v) is 20.4. The molecule has 4 rings (SSSR count). The second-order valence-electron chi connectivity index (χ2n) is 8.33. The van der Waals surface area contributed by atoms with E-state index in [9.17, 15) is 26.7 Å². The lowest BCUT2D eigenvalue weighted by Crippen LogP contribution is -2.39. The molecule has 37 heavy (non-hydrogen) atoms. The van der Waals surface area contributed by atoms with E-state index in [0.717, 1.165) is 17.7 Å². The van der Waals surface area contributed by atoms with Crippen molar-refractivity contribution < 1.29 is 31.5 Å². The van der Waals surface area contributed by atoms with Gasteiger partial charge < -0.3 is 20.3 Å². The van der Waals surface area contributed by atoms with E-state index in [0.29, 0.717) is 44.4 Å². The fourth-order valence-electron chi connectivity index (χ4n) is 3.79. The first-order valence-electron chi connectivity index (χ1n) is 11.3. The molecule has 1 amide bonds. The van der Waals surface area contributed by atoms with E-state index in [-0.39, 0.29) is 33.9 Å². The molecule has 2 N–H and O–H groups in total. The van der Waals surface area contributed by atoms with Crippen LogP contribution in [0.15, 0.2) is 30.6 Å². The number of anilines is 3. The van der Waals surface area contributed by atoms with Crippen LogP contribution in [0.5, 0.6) is 5.75 Å². The molecule has 0 bridgehead atoms. The summed E-state index contributed by atoms with van der Waals surface area (Å²) in [5.74, 6) is -1.16. The van der Waals surface area contributed by atoms with Crippen LogP contribution in [0.1, 0.15) is 34.6 Å². The Hall–Kier alpha value is -3.39. The van der Waals surface area contributed by atoms with Crippen LogP contribution in [0.25, 0.3) is 0 Å². The lowest BCUT2D eigenvalue weighted by atomic mass is 10.1. The second-order valence-corrected chi connectivity index (χ2v) is 9.10. The summed E-state index contributed by atoms with van der Waals surface area (Å²) in [6, 6.07) is 3.94. The minimum Gasteiger partial charge on any atom is -0.487 e. The number of piperidine rings is 1. The second kappa shape index (κ2) is 11.3. The van der Waals surface area contributed by atoms with Gasteiger partial charge in [-0.2, -0.15) is 17.5 Å². The van der Waals surface area contributed by atoms with Crippen LogP contribution in [0, 0.1) is 12.7 Å². The number of nitrogens with one attached hydrogen (secondary N) is 2. The predicted octanol–water partition coefficient (Wildman–Crippen LogP) is 5.21. The average molecular weight is 543 g/mol. The van der Waals surface area contributed by atoms with E-state index in [2.05, 4.69) is 25.0 Å². The highest BCUT2D eigenvalue weighted by Gasteiger charge is 2.33. The number of carbonyl (C=O) groups is 1. The molecule has 1 aromatic carbocycles. The van der Waals surface area contributed by atoms with Gasteiger partial charge in [-0.05, 0) is 43.4 Å². The van der Waals surface area contributed by atoms with Crippen LogP contribution in [0.3, 0.4) is 0 Å². The Morgan fingerprint density at radius 1 is 1.22 bits per heavy atom. The summed E-state index contributed by atoms with van der Waals surface area (Å²) in [5.41, 5.74) is -0.333. The molecule has 1 saturated heterocycles. The summed E-state index contributed by atoms with van der Waals surface area (Å²) in [7, 11) is 0. The molecule has 0 spiro atoms. The summed E-state index contributed by atoms with van der Waals surface area (Å²) in [4.78, 5) is 22.1. The van der Waals surface area contributed by atoms with Crippen molar-refractivity contribution in [1.82, 2.24) is 19.2 Å². The fourth-order valence-corrected chi connectivity index (χ4v) is 4.59. The quantitative estimate of drug-likeness (QED) is 0.378. The van der Waals surface area contributed by atoms with Crippen molar-refractivity contribution in [3.8, 4) is 5.75 Å². The molecule has 0 saturated carbocycles. The lowest BCUT2D eigenvalue weighted by molar-refractivity contribution is -0.141. The maximum Gasteiger partial charge on any atom is 0.434 e. The van der Waals surface area contributed by atoms with Gasteiger partial charge in [0.25, 0.3) is 5.91 Å². The summed E-state index contributed by atoms with van der Waals surface area (Å²) >= 11 is 0.928. The van der Waals surface area contributed by atoms with Crippen LogP contribution >= 0.6 is 11.5 Å². The van der Waals surface area contributed by atoms with E-state index in [1.54, 1.807) is 6.92 Å². The number of amides is 1. The maximum atomic E-state index is 14.4. The molecule has 1 aliphatic heterocycles. The summed E-state index contributed by atoms with van der Waals surface area (Å²) in [6.07, 6.45) is -2.12. The number of ether oxygens (including phenoxy) is 1. The Kier molecular flexibility index (Phi) is 8.17. The minimum atomic E-state index is -4.62. The van der Waals surface area contributed by atoms with Crippen LogP contribution in [0.2, 0.25) is 0 Å². The van der Waals surface area contributed by atoms with E-state index >= 15 is 0 Å². The number of likely N-dealkylation sites (tertiary alicyclic amines) is 1. The molecule has 1 fully saturated rings. The summed E-state index contributed by atoms with van der Waals surface area (Å²) in [5, 5.41) is 5.70. The Morgan fingerprint density at radius 3 is 2.62 bits per heavy atom. The predicted molar refractivity (Wildman–Crippen MR) is 128 cm³/mol. The summed E-state index contributed by atoms with van der Waals surface area (Å²) < 4.78 is 75.1. The number of carbonyl (C=O) groups excluding carboxylic acids is 1. The first-order valence-corrected chi connectivity index (χ1v) is 12.1. The number of alkyl halides is 4. The van der Waals surface area contributed by atoms with Crippen LogP contribution in [-0.2, 0) is 6.18 Å². The highest BCUT2D eigenvalue weighted by Crippen LogP contribution is 2.31. The van der Waals surface area contributed by atoms with Crippen LogP contribution in [-0.4, -0.2) is 57.6 Å². The van der Waals surface area contributed by atoms with Crippen molar-refractivity contribution in [2.24, 2.45) is 0 Å². The Labute approximate surface area is 213 Å². The minimum absolute atomic E-state index is 0.000676. The highest BCUT2D eigenvalue weighted by molar-refractivity contribution is 7.10. The van der Waals surface area contributed by atoms with Crippen LogP contribution in [0.4, 0.5) is 38.5 Å². The molecule has 0 radical (unpaired) electrons. The Balaban J connectivity index is 1.44. The molecule has 0 unspecified atom stereocenters. The molecule has 3 heterocycles. The van der Waals surface area contributed by atoms with Crippen molar-refractivity contribution in [2.45, 2.75) is 32.0 Å². The van der Waals surface area contributed by atoms with E-state index < -0.39 is 30.3 Å². The third-order valence-corrected chi connectivity index (χ3v) is 6.55. The van der Waals surface area contributed by atoms with Gasteiger partial charge in [0.1, 0.15) is 23.6 Å². The zero-order chi connectivity index (χ0) is 26.6. The van der Waals surface area contributed by atoms with Gasteiger partial charge in [-0.25, -0.2) is 18.7 Å². The molecule has 198 valence electrons. The molecular weight excluding hydrogens is 519 g/mol. The van der Waals surface area contributed by atoms with Gasteiger partial charge in [0.2, 0.25) is 0 Å². The largest absolute Gasteiger partial charge is 0.487 e. The SMILES string of the molecule is Cc1nsc(Nc2cnc(C(F)(F)F)cn2)c1C(=O)Nc1ccc(F)c(OC2CCN(CCF)CC2)c1. The standard InChI is InChI=1S/C23H23F5N6O2S/c1-13-20(22(37-33-13)32-19-12-29-18(11-30-19)23(26,27)28)21(35)31-14-2-3-16(25)17(10-14)36-15-4-7-34(8-5-15)9-6-24/h2-3,10-12,15H,4-9H2,1H3,(H,30,32)(H,31,35). The first kappa shape index (κ1) is 26.7. The van der Waals surface area contributed by atoms with E-state index in [1.807, 2.05) is 4.90 Å². The van der Waals surface area contributed by atoms with Crippen molar-refractivity contribution in [3.63, 3.8) is 0 Å². The molecule has 8 nitrogen and oxygen atoms in total. The Bertz CT molecular complexity index is 1230. The molecule has 3 aromatic rings. The molecule has 0 atom stereocenters. The van der Waals surface area contributed by atoms with Crippen molar-refractivity contribution in [3.05, 3.63) is 53.4 Å². The molecule has 1 aliphatic rings. The van der Waals surface area contributed by atoms with Gasteiger partial charge in [-0.3, -0.25) is 4.79 Å². The molecule has 2 aromatic heterocycles. The number of hydrogen-bond acceptors (Lipinski definition) is 8. The van der Waals surface area contributed by atoms with Gasteiger partial charge in [0.05, 0.1) is 23.7 Å². The third kappa shape index (κ3) is 6.68. The smallest absolute Gasteiger partial charge is 0.434 e. The maximum absolute atomic E-state index is 14.4. The topological polar surface area (TPSA) is 92.3 Å². The Morgan fingerprint density at radius 2 is 1.97 bits per heavy atom. The van der Waals surface area contributed by atoms with E-state index in [4.69, 9.17) is 4.74 Å². The number of aromatic nitrogens is 3. The van der Waals surface area contributed by atoms with Gasteiger partial charge in [-0.1, -0.05) is 0 Å². The number of hydrogen-bond donors (Lipinski definition) is 2. The number of benzene rings is 1. The van der Waals surface area contributed by atoms with Gasteiger partial charge in [0, 0.05) is 31.4 Å². The van der Waals surface area contributed by atoms with E-state index in [1.165, 1.54) is 18.2 Å². The van der Waals surface area contributed by atoms with Crippen molar-refractivity contribution >= 4 is 33.9 Å². The lowest BCUT2D eigenvalue weighted by Gasteiger charge is -2.31. The fraction of sp³-hybridized carbons (Fsp3) is 0.391.